The normalized spacial score (nSPS) is 18.2. The SMILES string of the molecule is Nc1ncc(-c2csc3ccccc23)n2cc([C@H]3CCCNC3)nc12. The zero-order valence-corrected chi connectivity index (χ0v) is 14.6. The number of piperidine rings is 1. The van der Waals surface area contributed by atoms with Crippen molar-refractivity contribution in [1.29, 1.82) is 0 Å². The van der Waals surface area contributed by atoms with Crippen LogP contribution >= 0.6 is 11.3 Å². The van der Waals surface area contributed by atoms with Gasteiger partial charge in [-0.3, -0.25) is 4.40 Å². The van der Waals surface area contributed by atoms with Gasteiger partial charge in [-0.25, -0.2) is 9.97 Å². The van der Waals surface area contributed by atoms with E-state index in [0.717, 1.165) is 30.1 Å². The highest BCUT2D eigenvalue weighted by Crippen LogP contribution is 2.35. The molecule has 0 bridgehead atoms. The van der Waals surface area contributed by atoms with Crippen molar-refractivity contribution < 1.29 is 0 Å². The maximum Gasteiger partial charge on any atom is 0.180 e. The van der Waals surface area contributed by atoms with Crippen LogP contribution in [0.2, 0.25) is 0 Å². The second-order valence-corrected chi connectivity index (χ2v) is 7.49. The quantitative estimate of drug-likeness (QED) is 0.579. The molecule has 0 spiro atoms. The Morgan fingerprint density at radius 2 is 2.20 bits per heavy atom. The predicted molar refractivity (Wildman–Crippen MR) is 103 cm³/mol. The molecule has 126 valence electrons. The zero-order chi connectivity index (χ0) is 16.8. The number of rotatable bonds is 2. The lowest BCUT2D eigenvalue weighted by molar-refractivity contribution is 0.456. The van der Waals surface area contributed by atoms with Crippen molar-refractivity contribution in [3.8, 4) is 11.3 Å². The standard InChI is InChI=1S/C19H19N5S/c20-18-19-23-15(12-4-3-7-21-8-12)10-24(19)16(9-22-18)14-11-25-17-6-2-1-5-13(14)17/h1-2,5-6,9-12,21H,3-4,7-8H2,(H2,20,22)/t12-/m0/s1. The minimum absolute atomic E-state index is 0.445. The maximum absolute atomic E-state index is 6.13. The van der Waals surface area contributed by atoms with Crippen molar-refractivity contribution in [1.82, 2.24) is 19.7 Å². The second-order valence-electron chi connectivity index (χ2n) is 6.58. The van der Waals surface area contributed by atoms with Gasteiger partial charge < -0.3 is 11.1 Å². The summed E-state index contributed by atoms with van der Waals surface area (Å²) in [5.74, 6) is 0.929. The van der Waals surface area contributed by atoms with Crippen LogP contribution in [0.3, 0.4) is 0 Å². The third kappa shape index (κ3) is 2.41. The van der Waals surface area contributed by atoms with Crippen molar-refractivity contribution in [2.24, 2.45) is 0 Å². The summed E-state index contributed by atoms with van der Waals surface area (Å²) in [5, 5.41) is 6.90. The van der Waals surface area contributed by atoms with Crippen LogP contribution < -0.4 is 11.1 Å². The van der Waals surface area contributed by atoms with E-state index < -0.39 is 0 Å². The van der Waals surface area contributed by atoms with E-state index in [0.29, 0.717) is 11.7 Å². The third-order valence-electron chi connectivity index (χ3n) is 5.01. The van der Waals surface area contributed by atoms with Crippen molar-refractivity contribution in [2.75, 3.05) is 18.8 Å². The molecular weight excluding hydrogens is 330 g/mol. The average Bonchev–Trinajstić information content (AvgIpc) is 3.28. The summed E-state index contributed by atoms with van der Waals surface area (Å²) in [5.41, 5.74) is 10.2. The number of fused-ring (bicyclic) bond motifs is 2. The molecule has 5 rings (SSSR count). The van der Waals surface area contributed by atoms with Crippen LogP contribution in [0, 0.1) is 0 Å². The molecule has 25 heavy (non-hydrogen) atoms. The summed E-state index contributed by atoms with van der Waals surface area (Å²) < 4.78 is 3.39. The Bertz CT molecular complexity index is 1060. The molecule has 0 amide bonds. The molecule has 4 aromatic rings. The number of hydrogen-bond acceptors (Lipinski definition) is 5. The van der Waals surface area contributed by atoms with Gasteiger partial charge in [0.2, 0.25) is 0 Å². The van der Waals surface area contributed by atoms with Gasteiger partial charge in [0.1, 0.15) is 0 Å². The first-order chi connectivity index (χ1) is 12.3. The zero-order valence-electron chi connectivity index (χ0n) is 13.8. The predicted octanol–water partition coefficient (Wildman–Crippen LogP) is 3.66. The lowest BCUT2D eigenvalue weighted by atomic mass is 9.97. The molecule has 4 heterocycles. The van der Waals surface area contributed by atoms with Gasteiger partial charge in [-0.05, 0) is 25.5 Å². The van der Waals surface area contributed by atoms with Gasteiger partial charge in [0.15, 0.2) is 11.5 Å². The number of imidazole rings is 1. The Hall–Kier alpha value is -2.44. The highest BCUT2D eigenvalue weighted by Gasteiger charge is 2.20. The molecule has 1 saturated heterocycles. The van der Waals surface area contributed by atoms with E-state index in [4.69, 9.17) is 10.7 Å². The van der Waals surface area contributed by atoms with Crippen LogP contribution in [-0.4, -0.2) is 27.5 Å². The molecule has 5 nitrogen and oxygen atoms in total. The van der Waals surface area contributed by atoms with E-state index in [1.165, 1.54) is 28.5 Å². The monoisotopic (exact) mass is 349 g/mol. The number of anilines is 1. The maximum atomic E-state index is 6.13. The van der Waals surface area contributed by atoms with Crippen LogP contribution in [0.25, 0.3) is 27.0 Å². The topological polar surface area (TPSA) is 68.2 Å². The van der Waals surface area contributed by atoms with E-state index in [1.54, 1.807) is 11.3 Å². The fourth-order valence-corrected chi connectivity index (χ4v) is 4.64. The van der Waals surface area contributed by atoms with Gasteiger partial charge in [-0.2, -0.15) is 0 Å². The van der Waals surface area contributed by atoms with Crippen LogP contribution in [0.1, 0.15) is 24.5 Å². The van der Waals surface area contributed by atoms with Gasteiger partial charge in [0, 0.05) is 39.7 Å². The third-order valence-corrected chi connectivity index (χ3v) is 5.97. The Kier molecular flexibility index (Phi) is 3.46. The van der Waals surface area contributed by atoms with E-state index in [2.05, 4.69) is 50.5 Å². The Morgan fingerprint density at radius 1 is 1.28 bits per heavy atom. The molecule has 1 aliphatic rings. The van der Waals surface area contributed by atoms with Crippen molar-refractivity contribution >= 4 is 32.9 Å². The van der Waals surface area contributed by atoms with Gasteiger partial charge in [0.05, 0.1) is 17.6 Å². The molecule has 3 aromatic heterocycles. The summed E-state index contributed by atoms with van der Waals surface area (Å²) in [7, 11) is 0. The molecule has 1 aromatic carbocycles. The van der Waals surface area contributed by atoms with E-state index >= 15 is 0 Å². The number of nitrogens with one attached hydrogen (secondary N) is 1. The van der Waals surface area contributed by atoms with Gasteiger partial charge in [0.25, 0.3) is 0 Å². The summed E-state index contributed by atoms with van der Waals surface area (Å²) >= 11 is 1.75. The molecule has 0 saturated carbocycles. The van der Waals surface area contributed by atoms with Crippen molar-refractivity contribution in [3.63, 3.8) is 0 Å². The van der Waals surface area contributed by atoms with Crippen LogP contribution in [0.4, 0.5) is 5.82 Å². The summed E-state index contributed by atoms with van der Waals surface area (Å²) in [6.45, 7) is 2.08. The first-order valence-electron chi connectivity index (χ1n) is 8.62. The van der Waals surface area contributed by atoms with Crippen LogP contribution in [0.15, 0.2) is 42.0 Å². The Balaban J connectivity index is 1.70. The first-order valence-corrected chi connectivity index (χ1v) is 9.50. The van der Waals surface area contributed by atoms with Crippen molar-refractivity contribution in [3.05, 3.63) is 47.7 Å². The molecule has 0 unspecified atom stereocenters. The molecule has 6 heteroatoms. The van der Waals surface area contributed by atoms with Crippen molar-refractivity contribution in [2.45, 2.75) is 18.8 Å². The minimum Gasteiger partial charge on any atom is -0.381 e. The molecule has 1 aliphatic heterocycles. The molecule has 1 atom stereocenters. The smallest absolute Gasteiger partial charge is 0.180 e. The van der Waals surface area contributed by atoms with Crippen LogP contribution in [-0.2, 0) is 0 Å². The molecule has 0 aliphatic carbocycles. The fraction of sp³-hybridized carbons (Fsp3) is 0.263. The van der Waals surface area contributed by atoms with E-state index in [1.807, 2.05) is 6.20 Å². The second kappa shape index (κ2) is 5.82. The largest absolute Gasteiger partial charge is 0.381 e. The number of hydrogen-bond donors (Lipinski definition) is 2. The van der Waals surface area contributed by atoms with Gasteiger partial charge in [-0.1, -0.05) is 18.2 Å². The number of thiophene rings is 1. The molecular formula is C19H19N5S. The Labute approximate surface area is 149 Å². The molecule has 1 fully saturated rings. The number of nitrogens with zero attached hydrogens (tertiary/aromatic N) is 3. The molecule has 3 N–H and O–H groups in total. The number of nitrogens with two attached hydrogens (primary N) is 1. The lowest BCUT2D eigenvalue weighted by Gasteiger charge is -2.20. The number of nitrogen functional groups attached to an aromatic ring is 1. The lowest BCUT2D eigenvalue weighted by Crippen LogP contribution is -2.28. The van der Waals surface area contributed by atoms with E-state index in [9.17, 15) is 0 Å². The summed E-state index contributed by atoms with van der Waals surface area (Å²) in [4.78, 5) is 9.24. The number of aromatic nitrogens is 3. The first kappa shape index (κ1) is 14.9. The highest BCUT2D eigenvalue weighted by atomic mass is 32.1. The minimum atomic E-state index is 0.445. The van der Waals surface area contributed by atoms with Gasteiger partial charge >= 0.3 is 0 Å². The van der Waals surface area contributed by atoms with Gasteiger partial charge in [-0.15, -0.1) is 11.3 Å². The Morgan fingerprint density at radius 3 is 3.08 bits per heavy atom. The van der Waals surface area contributed by atoms with E-state index in [-0.39, 0.29) is 0 Å². The fourth-order valence-electron chi connectivity index (χ4n) is 3.69. The summed E-state index contributed by atoms with van der Waals surface area (Å²) in [6, 6.07) is 8.46. The number of benzene rings is 1. The highest BCUT2D eigenvalue weighted by molar-refractivity contribution is 7.17. The molecule has 0 radical (unpaired) electrons. The summed E-state index contributed by atoms with van der Waals surface area (Å²) in [6.07, 6.45) is 6.36. The van der Waals surface area contributed by atoms with Crippen LogP contribution in [0.5, 0.6) is 0 Å². The average molecular weight is 349 g/mol.